The molecule has 0 aromatic heterocycles. The summed E-state index contributed by atoms with van der Waals surface area (Å²) in [6, 6.07) is 4.08. The Labute approximate surface area is 148 Å². The van der Waals surface area contributed by atoms with Gasteiger partial charge in [-0.15, -0.1) is 0 Å². The molecule has 1 heterocycles. The minimum atomic E-state index is -0.129. The van der Waals surface area contributed by atoms with E-state index in [0.29, 0.717) is 17.6 Å². The average molecular weight is 333 g/mol. The van der Waals surface area contributed by atoms with Gasteiger partial charge in [0.15, 0.2) is 0 Å². The van der Waals surface area contributed by atoms with E-state index in [1.807, 2.05) is 6.07 Å². The summed E-state index contributed by atoms with van der Waals surface area (Å²) in [7, 11) is 0. The molecule has 2 nitrogen and oxygen atoms in total. The second-order valence-corrected chi connectivity index (χ2v) is 8.45. The minimum Gasteiger partial charge on any atom is -0.508 e. The summed E-state index contributed by atoms with van der Waals surface area (Å²) in [5.74, 6) is 2.45. The van der Waals surface area contributed by atoms with Crippen LogP contribution in [0.1, 0.15) is 96.6 Å². The SMILES string of the molecule is CCCCCCCCc1cc2c(cc1O)[C@@H](C(C)C)CC(C)(C)O2. The van der Waals surface area contributed by atoms with Crippen molar-refractivity contribution < 1.29 is 9.84 Å². The Hall–Kier alpha value is -1.18. The van der Waals surface area contributed by atoms with Gasteiger partial charge in [-0.1, -0.05) is 52.9 Å². The smallest absolute Gasteiger partial charge is 0.124 e. The van der Waals surface area contributed by atoms with E-state index in [9.17, 15) is 5.11 Å². The van der Waals surface area contributed by atoms with Crippen molar-refractivity contribution in [2.45, 2.75) is 97.5 Å². The van der Waals surface area contributed by atoms with Crippen molar-refractivity contribution in [1.29, 1.82) is 0 Å². The van der Waals surface area contributed by atoms with Gasteiger partial charge in [-0.05, 0) is 62.6 Å². The van der Waals surface area contributed by atoms with Crippen molar-refractivity contribution in [3.05, 3.63) is 23.3 Å². The van der Waals surface area contributed by atoms with E-state index in [-0.39, 0.29) is 5.60 Å². The number of ether oxygens (including phenoxy) is 1. The lowest BCUT2D eigenvalue weighted by Gasteiger charge is -2.39. The number of hydrogen-bond donors (Lipinski definition) is 1. The Bertz CT molecular complexity index is 531. The molecule has 1 N–H and O–H groups in total. The molecule has 1 aromatic carbocycles. The fourth-order valence-electron chi connectivity index (χ4n) is 3.87. The molecule has 0 saturated carbocycles. The number of aryl methyl sites for hydroxylation is 1. The van der Waals surface area contributed by atoms with Crippen molar-refractivity contribution in [3.8, 4) is 11.5 Å². The van der Waals surface area contributed by atoms with E-state index in [2.05, 4.69) is 40.7 Å². The van der Waals surface area contributed by atoms with Crippen LogP contribution in [0.5, 0.6) is 11.5 Å². The normalized spacial score (nSPS) is 19.2. The predicted octanol–water partition coefficient (Wildman–Crippen LogP) is 6.60. The first-order chi connectivity index (χ1) is 11.3. The minimum absolute atomic E-state index is 0.129. The summed E-state index contributed by atoms with van der Waals surface area (Å²) < 4.78 is 6.24. The van der Waals surface area contributed by atoms with Crippen molar-refractivity contribution >= 4 is 0 Å². The van der Waals surface area contributed by atoms with Crippen LogP contribution in [0.25, 0.3) is 0 Å². The topological polar surface area (TPSA) is 29.5 Å². The third kappa shape index (κ3) is 4.91. The maximum absolute atomic E-state index is 10.5. The lowest BCUT2D eigenvalue weighted by Crippen LogP contribution is -2.36. The Morgan fingerprint density at radius 2 is 1.79 bits per heavy atom. The zero-order chi connectivity index (χ0) is 17.7. The Morgan fingerprint density at radius 3 is 2.46 bits per heavy atom. The average Bonchev–Trinajstić information content (AvgIpc) is 2.50. The molecule has 24 heavy (non-hydrogen) atoms. The fraction of sp³-hybridized carbons (Fsp3) is 0.727. The molecule has 0 aliphatic carbocycles. The largest absolute Gasteiger partial charge is 0.508 e. The quantitative estimate of drug-likeness (QED) is 0.544. The first-order valence-electron chi connectivity index (χ1n) is 9.89. The number of phenolic OH excluding ortho intramolecular Hbond substituents is 1. The Morgan fingerprint density at radius 1 is 1.12 bits per heavy atom. The van der Waals surface area contributed by atoms with E-state index >= 15 is 0 Å². The van der Waals surface area contributed by atoms with Gasteiger partial charge < -0.3 is 9.84 Å². The molecule has 0 bridgehead atoms. The van der Waals surface area contributed by atoms with Gasteiger partial charge in [0.25, 0.3) is 0 Å². The highest BCUT2D eigenvalue weighted by Gasteiger charge is 2.35. The molecule has 0 fully saturated rings. The summed E-state index contributed by atoms with van der Waals surface area (Å²) in [5, 5.41) is 10.5. The zero-order valence-corrected chi connectivity index (χ0v) is 16.3. The highest BCUT2D eigenvalue weighted by atomic mass is 16.5. The maximum Gasteiger partial charge on any atom is 0.124 e. The second-order valence-electron chi connectivity index (χ2n) is 8.45. The fourth-order valence-corrected chi connectivity index (χ4v) is 3.87. The molecule has 0 saturated heterocycles. The van der Waals surface area contributed by atoms with Crippen LogP contribution in [0, 0.1) is 5.92 Å². The van der Waals surface area contributed by atoms with E-state index in [1.165, 1.54) is 37.7 Å². The lowest BCUT2D eigenvalue weighted by molar-refractivity contribution is 0.0637. The van der Waals surface area contributed by atoms with Gasteiger partial charge in [-0.2, -0.15) is 0 Å². The molecule has 0 spiro atoms. The number of phenols is 1. The van der Waals surface area contributed by atoms with E-state index in [0.717, 1.165) is 30.6 Å². The molecule has 0 unspecified atom stereocenters. The number of unbranched alkanes of at least 4 members (excludes halogenated alkanes) is 5. The predicted molar refractivity (Wildman–Crippen MR) is 102 cm³/mol. The van der Waals surface area contributed by atoms with Crippen molar-refractivity contribution in [1.82, 2.24) is 0 Å². The molecule has 1 atom stereocenters. The molecule has 2 heteroatoms. The van der Waals surface area contributed by atoms with Gasteiger partial charge in [0.05, 0.1) is 0 Å². The monoisotopic (exact) mass is 332 g/mol. The van der Waals surface area contributed by atoms with Crippen LogP contribution in [0.4, 0.5) is 0 Å². The van der Waals surface area contributed by atoms with Gasteiger partial charge in [0.2, 0.25) is 0 Å². The third-order valence-electron chi connectivity index (χ3n) is 5.31. The van der Waals surface area contributed by atoms with Crippen LogP contribution < -0.4 is 4.74 Å². The summed E-state index contributed by atoms with van der Waals surface area (Å²) in [5.41, 5.74) is 2.11. The molecule has 1 aliphatic heterocycles. The van der Waals surface area contributed by atoms with E-state index in [1.54, 1.807) is 0 Å². The highest BCUT2D eigenvalue weighted by Crippen LogP contribution is 2.46. The molecule has 0 radical (unpaired) electrons. The molecular weight excluding hydrogens is 296 g/mol. The number of fused-ring (bicyclic) bond motifs is 1. The summed E-state index contributed by atoms with van der Waals surface area (Å²) in [6.07, 6.45) is 9.61. The van der Waals surface area contributed by atoms with Crippen LogP contribution in [-0.2, 0) is 6.42 Å². The van der Waals surface area contributed by atoms with E-state index in [4.69, 9.17) is 4.74 Å². The summed E-state index contributed by atoms with van der Waals surface area (Å²) >= 11 is 0. The van der Waals surface area contributed by atoms with Gasteiger partial charge in [-0.25, -0.2) is 0 Å². The Kier molecular flexibility index (Phi) is 6.60. The molecule has 2 rings (SSSR count). The zero-order valence-electron chi connectivity index (χ0n) is 16.3. The van der Waals surface area contributed by atoms with Crippen molar-refractivity contribution in [3.63, 3.8) is 0 Å². The maximum atomic E-state index is 10.5. The standard InChI is InChI=1S/C22H36O2/c1-6-7-8-9-10-11-12-17-13-21-18(14-20(17)23)19(16(2)3)15-22(4,5)24-21/h13-14,16,19,23H,6-12,15H2,1-5H3/t19-/m1/s1. The first-order valence-corrected chi connectivity index (χ1v) is 9.89. The number of benzene rings is 1. The van der Waals surface area contributed by atoms with Crippen LogP contribution in [0.2, 0.25) is 0 Å². The highest BCUT2D eigenvalue weighted by molar-refractivity contribution is 5.49. The molecule has 0 amide bonds. The molecule has 1 aromatic rings. The first kappa shape index (κ1) is 19.1. The van der Waals surface area contributed by atoms with Gasteiger partial charge in [0.1, 0.15) is 17.1 Å². The van der Waals surface area contributed by atoms with Gasteiger partial charge >= 0.3 is 0 Å². The Balaban J connectivity index is 2.08. The number of hydrogen-bond acceptors (Lipinski definition) is 2. The second kappa shape index (κ2) is 8.27. The molecular formula is C22H36O2. The molecule has 136 valence electrons. The van der Waals surface area contributed by atoms with Gasteiger partial charge in [-0.3, -0.25) is 0 Å². The third-order valence-corrected chi connectivity index (χ3v) is 5.31. The van der Waals surface area contributed by atoms with Crippen molar-refractivity contribution in [2.24, 2.45) is 5.92 Å². The van der Waals surface area contributed by atoms with Crippen LogP contribution in [0.3, 0.4) is 0 Å². The van der Waals surface area contributed by atoms with Crippen LogP contribution in [-0.4, -0.2) is 10.7 Å². The lowest BCUT2D eigenvalue weighted by atomic mass is 9.77. The number of aromatic hydroxyl groups is 1. The molecule has 1 aliphatic rings. The van der Waals surface area contributed by atoms with Crippen LogP contribution >= 0.6 is 0 Å². The van der Waals surface area contributed by atoms with Crippen LogP contribution in [0.15, 0.2) is 12.1 Å². The van der Waals surface area contributed by atoms with Crippen molar-refractivity contribution in [2.75, 3.05) is 0 Å². The number of rotatable bonds is 8. The van der Waals surface area contributed by atoms with E-state index < -0.39 is 0 Å². The summed E-state index contributed by atoms with van der Waals surface area (Å²) in [6.45, 7) is 11.1. The summed E-state index contributed by atoms with van der Waals surface area (Å²) in [4.78, 5) is 0. The van der Waals surface area contributed by atoms with Gasteiger partial charge in [0, 0.05) is 5.56 Å².